The Hall–Kier alpha value is -3.31. The number of benzene rings is 3. The van der Waals surface area contributed by atoms with Gasteiger partial charge in [-0.3, -0.25) is 4.90 Å². The van der Waals surface area contributed by atoms with Crippen molar-refractivity contribution in [3.05, 3.63) is 96.1 Å². The summed E-state index contributed by atoms with van der Waals surface area (Å²) in [6, 6.07) is 28.6. The first-order chi connectivity index (χ1) is 15.3. The Kier molecular flexibility index (Phi) is 5.59. The van der Waals surface area contributed by atoms with Gasteiger partial charge < -0.3 is 14.5 Å². The van der Waals surface area contributed by atoms with Crippen LogP contribution in [0.4, 0.5) is 11.4 Å². The number of ether oxygens (including phenoxy) is 1. The Morgan fingerprint density at radius 1 is 0.806 bits per heavy atom. The first-order valence-electron chi connectivity index (χ1n) is 10.9. The molecule has 0 N–H and O–H groups in total. The minimum Gasteiger partial charge on any atom is -0.434 e. The molecular formula is C26H27N3O2. The highest BCUT2D eigenvalue weighted by atomic mass is 16.6. The molecule has 0 spiro atoms. The summed E-state index contributed by atoms with van der Waals surface area (Å²) in [6.45, 7) is 5.82. The van der Waals surface area contributed by atoms with Crippen LogP contribution in [0.1, 0.15) is 22.1 Å². The quantitative estimate of drug-likeness (QED) is 0.567. The van der Waals surface area contributed by atoms with E-state index in [4.69, 9.17) is 4.74 Å². The molecule has 5 nitrogen and oxygen atoms in total. The van der Waals surface area contributed by atoms with Gasteiger partial charge in [0, 0.05) is 56.2 Å². The summed E-state index contributed by atoms with van der Waals surface area (Å²) in [5, 5.41) is 0. The minimum atomic E-state index is -0.378. The van der Waals surface area contributed by atoms with Crippen LogP contribution in [0.15, 0.2) is 84.9 Å². The number of esters is 1. The van der Waals surface area contributed by atoms with Gasteiger partial charge in [0.15, 0.2) is 0 Å². The van der Waals surface area contributed by atoms with Crippen LogP contribution >= 0.6 is 0 Å². The number of cyclic esters (lactones) is 1. The van der Waals surface area contributed by atoms with Crippen LogP contribution in [0, 0.1) is 0 Å². The Morgan fingerprint density at radius 3 is 2.19 bits per heavy atom. The maximum absolute atomic E-state index is 12.4. The summed E-state index contributed by atoms with van der Waals surface area (Å²) in [5.74, 6) is -0.238. The van der Waals surface area contributed by atoms with E-state index >= 15 is 0 Å². The van der Waals surface area contributed by atoms with Crippen LogP contribution in [-0.2, 0) is 4.74 Å². The zero-order chi connectivity index (χ0) is 21.0. The second-order valence-corrected chi connectivity index (χ2v) is 8.04. The number of rotatable bonds is 6. The summed E-state index contributed by atoms with van der Waals surface area (Å²) in [4.78, 5) is 19.6. The van der Waals surface area contributed by atoms with Crippen molar-refractivity contribution in [3.63, 3.8) is 0 Å². The lowest BCUT2D eigenvalue weighted by atomic mass is 10.1. The SMILES string of the molecule is O=C1OC(N(CCN2CCN(c3ccccc3)CC2)c2ccccc2)c2ccccc21. The van der Waals surface area contributed by atoms with Gasteiger partial charge in [-0.1, -0.05) is 54.6 Å². The lowest BCUT2D eigenvalue weighted by molar-refractivity contribution is 0.0373. The Morgan fingerprint density at radius 2 is 1.45 bits per heavy atom. The van der Waals surface area contributed by atoms with Crippen LogP contribution in [0.2, 0.25) is 0 Å². The molecule has 0 amide bonds. The summed E-state index contributed by atoms with van der Waals surface area (Å²) in [5.41, 5.74) is 3.98. The molecule has 1 fully saturated rings. The van der Waals surface area contributed by atoms with Crippen molar-refractivity contribution in [2.75, 3.05) is 49.1 Å². The van der Waals surface area contributed by atoms with Crippen molar-refractivity contribution in [2.45, 2.75) is 6.23 Å². The third-order valence-electron chi connectivity index (χ3n) is 6.19. The number of para-hydroxylation sites is 2. The molecule has 5 rings (SSSR count). The molecular weight excluding hydrogens is 386 g/mol. The summed E-state index contributed by atoms with van der Waals surface area (Å²) < 4.78 is 5.82. The van der Waals surface area contributed by atoms with E-state index < -0.39 is 0 Å². The van der Waals surface area contributed by atoms with E-state index in [0.29, 0.717) is 5.56 Å². The number of hydrogen-bond acceptors (Lipinski definition) is 5. The Balaban J connectivity index is 1.28. The zero-order valence-electron chi connectivity index (χ0n) is 17.6. The molecule has 0 bridgehead atoms. The molecule has 0 aromatic heterocycles. The lowest BCUT2D eigenvalue weighted by Gasteiger charge is -2.38. The van der Waals surface area contributed by atoms with Crippen molar-refractivity contribution in [2.24, 2.45) is 0 Å². The van der Waals surface area contributed by atoms with E-state index in [1.165, 1.54) is 5.69 Å². The van der Waals surface area contributed by atoms with Gasteiger partial charge in [-0.2, -0.15) is 0 Å². The van der Waals surface area contributed by atoms with Crippen LogP contribution in [0.25, 0.3) is 0 Å². The highest BCUT2D eigenvalue weighted by molar-refractivity contribution is 5.94. The Bertz CT molecular complexity index is 1020. The number of anilines is 2. The molecule has 158 valence electrons. The maximum Gasteiger partial charge on any atom is 0.340 e. The molecule has 2 aliphatic heterocycles. The van der Waals surface area contributed by atoms with Gasteiger partial charge >= 0.3 is 5.97 Å². The number of carbonyl (C=O) groups excluding carboxylic acids is 1. The first-order valence-corrected chi connectivity index (χ1v) is 10.9. The fourth-order valence-corrected chi connectivity index (χ4v) is 4.48. The van der Waals surface area contributed by atoms with E-state index in [9.17, 15) is 4.79 Å². The third kappa shape index (κ3) is 4.14. The molecule has 3 aromatic rings. The van der Waals surface area contributed by atoms with E-state index in [-0.39, 0.29) is 12.2 Å². The molecule has 0 radical (unpaired) electrons. The molecule has 2 aliphatic rings. The molecule has 3 aromatic carbocycles. The van der Waals surface area contributed by atoms with Gasteiger partial charge in [-0.25, -0.2) is 4.79 Å². The largest absolute Gasteiger partial charge is 0.434 e. The van der Waals surface area contributed by atoms with Crippen LogP contribution < -0.4 is 9.80 Å². The standard InChI is InChI=1S/C26H27N3O2/c30-26-24-14-8-7-13-23(24)25(31-26)29(22-11-5-2-6-12-22)20-17-27-15-18-28(19-16-27)21-9-3-1-4-10-21/h1-14,25H,15-20H2. The number of nitrogens with zero attached hydrogens (tertiary/aromatic N) is 3. The van der Waals surface area contributed by atoms with Gasteiger partial charge in [0.1, 0.15) is 0 Å². The Labute approximate surface area is 183 Å². The first kappa shape index (κ1) is 19.6. The molecule has 1 saturated heterocycles. The lowest BCUT2D eigenvalue weighted by Crippen LogP contribution is -2.48. The van der Waals surface area contributed by atoms with E-state index in [1.807, 2.05) is 42.5 Å². The summed E-state index contributed by atoms with van der Waals surface area (Å²) in [7, 11) is 0. The number of fused-ring (bicyclic) bond motifs is 1. The van der Waals surface area contributed by atoms with Crippen LogP contribution in [0.3, 0.4) is 0 Å². The number of hydrogen-bond donors (Lipinski definition) is 0. The highest BCUT2D eigenvalue weighted by Gasteiger charge is 2.35. The molecule has 2 heterocycles. The zero-order valence-corrected chi connectivity index (χ0v) is 17.6. The van der Waals surface area contributed by atoms with Gasteiger partial charge in [0.05, 0.1) is 5.56 Å². The van der Waals surface area contributed by atoms with Gasteiger partial charge in [-0.05, 0) is 30.3 Å². The van der Waals surface area contributed by atoms with Gasteiger partial charge in [0.25, 0.3) is 0 Å². The van der Waals surface area contributed by atoms with Gasteiger partial charge in [0.2, 0.25) is 6.23 Å². The predicted molar refractivity (Wildman–Crippen MR) is 123 cm³/mol. The summed E-state index contributed by atoms with van der Waals surface area (Å²) >= 11 is 0. The third-order valence-corrected chi connectivity index (χ3v) is 6.19. The average Bonchev–Trinajstić information content (AvgIpc) is 3.17. The van der Waals surface area contributed by atoms with Gasteiger partial charge in [-0.15, -0.1) is 0 Å². The minimum absolute atomic E-state index is 0.238. The number of piperazine rings is 1. The normalized spacial score (nSPS) is 18.5. The van der Waals surface area contributed by atoms with Crippen LogP contribution in [-0.4, -0.2) is 50.1 Å². The van der Waals surface area contributed by atoms with Crippen molar-refractivity contribution in [1.29, 1.82) is 0 Å². The molecule has 31 heavy (non-hydrogen) atoms. The summed E-state index contributed by atoms with van der Waals surface area (Å²) in [6.07, 6.45) is -0.378. The van der Waals surface area contributed by atoms with Crippen molar-refractivity contribution >= 4 is 17.3 Å². The molecule has 5 heteroatoms. The van der Waals surface area contributed by atoms with Crippen molar-refractivity contribution in [1.82, 2.24) is 4.90 Å². The fourth-order valence-electron chi connectivity index (χ4n) is 4.48. The molecule has 1 atom stereocenters. The predicted octanol–water partition coefficient (Wildman–Crippen LogP) is 4.18. The van der Waals surface area contributed by atoms with E-state index in [0.717, 1.165) is 50.5 Å². The second kappa shape index (κ2) is 8.82. The van der Waals surface area contributed by atoms with E-state index in [2.05, 4.69) is 57.2 Å². The van der Waals surface area contributed by atoms with E-state index in [1.54, 1.807) is 0 Å². The average molecular weight is 414 g/mol. The fraction of sp³-hybridized carbons (Fsp3) is 0.269. The maximum atomic E-state index is 12.4. The topological polar surface area (TPSA) is 36.0 Å². The second-order valence-electron chi connectivity index (χ2n) is 8.04. The molecule has 1 unspecified atom stereocenters. The molecule has 0 aliphatic carbocycles. The number of carbonyl (C=O) groups is 1. The highest BCUT2D eigenvalue weighted by Crippen LogP contribution is 2.36. The smallest absolute Gasteiger partial charge is 0.340 e. The monoisotopic (exact) mass is 413 g/mol. The van der Waals surface area contributed by atoms with Crippen molar-refractivity contribution in [3.8, 4) is 0 Å². The van der Waals surface area contributed by atoms with Crippen LogP contribution in [0.5, 0.6) is 0 Å². The molecule has 0 saturated carbocycles. The van der Waals surface area contributed by atoms with Crippen molar-refractivity contribution < 1.29 is 9.53 Å².